The maximum atomic E-state index is 11.6. The molecule has 1 aliphatic rings. The maximum absolute atomic E-state index is 11.6. The molecule has 7 heteroatoms. The number of hydrogen-bond donors (Lipinski definition) is 3. The van der Waals surface area contributed by atoms with Gasteiger partial charge in [-0.25, -0.2) is 4.79 Å². The first-order chi connectivity index (χ1) is 13.8. The summed E-state index contributed by atoms with van der Waals surface area (Å²) >= 11 is 0. The van der Waals surface area contributed by atoms with Gasteiger partial charge in [-0.15, -0.1) is 0 Å². The Hall–Kier alpha value is -1.76. The van der Waals surface area contributed by atoms with Gasteiger partial charge in [-0.05, 0) is 26.7 Å². The van der Waals surface area contributed by atoms with Crippen molar-refractivity contribution >= 4 is 11.9 Å². The zero-order valence-corrected chi connectivity index (χ0v) is 18.5. The van der Waals surface area contributed by atoms with Crippen molar-refractivity contribution in [2.24, 2.45) is 10.9 Å². The van der Waals surface area contributed by atoms with E-state index in [9.17, 15) is 9.90 Å². The van der Waals surface area contributed by atoms with Gasteiger partial charge in [0.05, 0.1) is 0 Å². The van der Waals surface area contributed by atoms with Crippen LogP contribution < -0.4 is 5.73 Å². The second-order valence-electron chi connectivity index (χ2n) is 8.40. The van der Waals surface area contributed by atoms with E-state index in [1.54, 1.807) is 13.8 Å². The van der Waals surface area contributed by atoms with Gasteiger partial charge in [0.25, 0.3) is 0 Å². The number of rotatable bonds is 14. The fraction of sp³-hybridized carbons (Fsp3) is 0.818. The molecule has 0 aromatic carbocycles. The van der Waals surface area contributed by atoms with Gasteiger partial charge in [-0.3, -0.25) is 4.90 Å². The lowest BCUT2D eigenvalue weighted by molar-refractivity contribution is -0.0556. The molecule has 0 aromatic heterocycles. The molecular formula is C22H41N3O4. The Morgan fingerprint density at radius 1 is 1.07 bits per heavy atom. The minimum absolute atomic E-state index is 0.165. The maximum Gasteiger partial charge on any atom is 0.410 e. The van der Waals surface area contributed by atoms with Gasteiger partial charge in [-0.2, -0.15) is 0 Å². The molecule has 1 heterocycles. The number of carboxylic acid groups (broad SMARTS) is 1. The third-order valence-corrected chi connectivity index (χ3v) is 5.52. The van der Waals surface area contributed by atoms with E-state index in [0.717, 1.165) is 17.7 Å². The van der Waals surface area contributed by atoms with E-state index in [1.165, 1.54) is 64.2 Å². The van der Waals surface area contributed by atoms with Gasteiger partial charge in [0, 0.05) is 0 Å². The van der Waals surface area contributed by atoms with E-state index in [2.05, 4.69) is 12.1 Å². The van der Waals surface area contributed by atoms with Crippen molar-refractivity contribution in [3.63, 3.8) is 0 Å². The summed E-state index contributed by atoms with van der Waals surface area (Å²) in [5, 5.41) is 21.5. The number of nitrogens with two attached hydrogens (primary N) is 1. The number of allylic oxidation sites excluding steroid dienone is 1. The van der Waals surface area contributed by atoms with Crippen molar-refractivity contribution < 1.29 is 19.8 Å². The summed E-state index contributed by atoms with van der Waals surface area (Å²) < 4.78 is 5.85. The third kappa shape index (κ3) is 8.64. The highest BCUT2D eigenvalue weighted by molar-refractivity contribution is 5.89. The second kappa shape index (κ2) is 13.5. The molecule has 2 unspecified atom stereocenters. The van der Waals surface area contributed by atoms with Crippen LogP contribution in [0.3, 0.4) is 0 Å². The van der Waals surface area contributed by atoms with Crippen molar-refractivity contribution in [1.82, 2.24) is 4.90 Å². The van der Waals surface area contributed by atoms with Crippen molar-refractivity contribution in [2.75, 3.05) is 0 Å². The summed E-state index contributed by atoms with van der Waals surface area (Å²) in [6.07, 6.45) is 17.4. The van der Waals surface area contributed by atoms with Crippen LogP contribution in [0.5, 0.6) is 0 Å². The van der Waals surface area contributed by atoms with Crippen molar-refractivity contribution in [1.29, 1.82) is 0 Å². The summed E-state index contributed by atoms with van der Waals surface area (Å²) in [6, 6.07) is -0.832. The molecule has 7 nitrogen and oxygen atoms in total. The fourth-order valence-electron chi connectivity index (χ4n) is 3.95. The summed E-state index contributed by atoms with van der Waals surface area (Å²) in [6.45, 7) is 5.57. The zero-order valence-electron chi connectivity index (χ0n) is 18.5. The molecule has 1 aliphatic heterocycles. The van der Waals surface area contributed by atoms with Crippen LogP contribution in [0.4, 0.5) is 4.79 Å². The van der Waals surface area contributed by atoms with Gasteiger partial charge < -0.3 is 20.8 Å². The molecule has 0 aromatic rings. The van der Waals surface area contributed by atoms with Crippen LogP contribution in [0, 0.1) is 0 Å². The number of amides is 1. The van der Waals surface area contributed by atoms with Gasteiger partial charge in [-0.1, -0.05) is 88.4 Å². The first-order valence-corrected chi connectivity index (χ1v) is 11.2. The van der Waals surface area contributed by atoms with Gasteiger partial charge in [0.2, 0.25) is 0 Å². The van der Waals surface area contributed by atoms with E-state index in [4.69, 9.17) is 15.7 Å². The first-order valence-electron chi connectivity index (χ1n) is 11.2. The molecule has 1 amide bonds. The van der Waals surface area contributed by atoms with E-state index < -0.39 is 24.0 Å². The molecule has 0 aliphatic carbocycles. The Morgan fingerprint density at radius 2 is 1.59 bits per heavy atom. The van der Waals surface area contributed by atoms with Crippen LogP contribution in [0.2, 0.25) is 0 Å². The summed E-state index contributed by atoms with van der Waals surface area (Å²) in [7, 11) is 0. The highest BCUT2D eigenvalue weighted by Crippen LogP contribution is 2.33. The monoisotopic (exact) mass is 411 g/mol. The minimum Gasteiger partial charge on any atom is -0.465 e. The zero-order chi connectivity index (χ0) is 21.7. The summed E-state index contributed by atoms with van der Waals surface area (Å²) in [5.74, 6) is -0.165. The Bertz CT molecular complexity index is 534. The van der Waals surface area contributed by atoms with Crippen LogP contribution in [0.25, 0.3) is 0 Å². The molecule has 0 radical (unpaired) electrons. The standard InChI is InChI=1S/C22H41N3O4/c1-4-5-6-7-8-9-10-11-12-13-14-15-16-17-18-19(20(23)24-28)25(21(26)27)22(2,3)29-18/h16-19,28H,4-15H2,1-3H3,(H2,23,24)(H,26,27). The highest BCUT2D eigenvalue weighted by Gasteiger charge is 2.51. The van der Waals surface area contributed by atoms with Gasteiger partial charge in [0.15, 0.2) is 5.84 Å². The number of hydrogen-bond acceptors (Lipinski definition) is 4. The predicted molar refractivity (Wildman–Crippen MR) is 116 cm³/mol. The van der Waals surface area contributed by atoms with E-state index in [-0.39, 0.29) is 5.84 Å². The smallest absolute Gasteiger partial charge is 0.410 e. The number of amidine groups is 1. The fourth-order valence-corrected chi connectivity index (χ4v) is 3.95. The third-order valence-electron chi connectivity index (χ3n) is 5.52. The molecule has 1 rings (SSSR count). The average molecular weight is 412 g/mol. The topological polar surface area (TPSA) is 108 Å². The minimum atomic E-state index is -1.16. The second-order valence-corrected chi connectivity index (χ2v) is 8.40. The van der Waals surface area contributed by atoms with E-state index in [1.807, 2.05) is 12.2 Å². The van der Waals surface area contributed by atoms with Gasteiger partial charge >= 0.3 is 6.09 Å². The molecule has 4 N–H and O–H groups in total. The number of ether oxygens (including phenoxy) is 1. The molecule has 168 valence electrons. The molecule has 2 atom stereocenters. The van der Waals surface area contributed by atoms with E-state index in [0.29, 0.717) is 0 Å². The molecule has 0 bridgehead atoms. The van der Waals surface area contributed by atoms with E-state index >= 15 is 0 Å². The predicted octanol–water partition coefficient (Wildman–Crippen LogP) is 5.47. The summed E-state index contributed by atoms with van der Waals surface area (Å²) in [5.41, 5.74) is 4.70. The summed E-state index contributed by atoms with van der Waals surface area (Å²) in [4.78, 5) is 12.7. The van der Waals surface area contributed by atoms with Crippen LogP contribution in [-0.2, 0) is 4.74 Å². The normalized spacial score (nSPS) is 21.9. The van der Waals surface area contributed by atoms with Crippen molar-refractivity contribution in [3.8, 4) is 0 Å². The number of nitrogens with zero attached hydrogens (tertiary/aromatic N) is 2. The van der Waals surface area contributed by atoms with Crippen LogP contribution >= 0.6 is 0 Å². The molecule has 1 fully saturated rings. The Kier molecular flexibility index (Phi) is 11.7. The Labute approximate surface area is 176 Å². The molecule has 1 saturated heterocycles. The van der Waals surface area contributed by atoms with Gasteiger partial charge in [0.1, 0.15) is 17.9 Å². The lowest BCUT2D eigenvalue weighted by Crippen LogP contribution is -2.52. The van der Waals surface area contributed by atoms with Crippen LogP contribution in [0.1, 0.15) is 97.8 Å². The average Bonchev–Trinajstić information content (AvgIpc) is 2.95. The number of oxime groups is 1. The number of carbonyl (C=O) groups is 1. The molecule has 0 saturated carbocycles. The largest absolute Gasteiger partial charge is 0.465 e. The van der Waals surface area contributed by atoms with Crippen LogP contribution in [0.15, 0.2) is 17.3 Å². The lowest BCUT2D eigenvalue weighted by atomic mass is 10.0. The molecule has 0 spiro atoms. The first kappa shape index (κ1) is 25.3. The SMILES string of the molecule is CCCCCCCCCCCCCC=CC1OC(C)(C)N(C(=O)O)C1/C(N)=N/O. The van der Waals surface area contributed by atoms with Crippen molar-refractivity contribution in [3.05, 3.63) is 12.2 Å². The van der Waals surface area contributed by atoms with Crippen molar-refractivity contribution in [2.45, 2.75) is 116 Å². The Morgan fingerprint density at radius 3 is 2.07 bits per heavy atom. The lowest BCUT2D eigenvalue weighted by Gasteiger charge is -2.30. The molecule has 29 heavy (non-hydrogen) atoms. The highest BCUT2D eigenvalue weighted by atomic mass is 16.6. The van der Waals surface area contributed by atoms with Crippen LogP contribution in [-0.4, -0.2) is 45.0 Å². The quantitative estimate of drug-likeness (QED) is 0.0876. The Balaban J connectivity index is 2.28. The number of unbranched alkanes of at least 4 members (excludes halogenated alkanes) is 11. The molecular weight excluding hydrogens is 370 g/mol.